The summed E-state index contributed by atoms with van der Waals surface area (Å²) in [6.07, 6.45) is 1.01. The number of hydrogen-bond donors (Lipinski definition) is 1. The van der Waals surface area contributed by atoms with Crippen molar-refractivity contribution in [2.75, 3.05) is 6.54 Å². The van der Waals surface area contributed by atoms with Crippen molar-refractivity contribution >= 4 is 11.6 Å². The summed E-state index contributed by atoms with van der Waals surface area (Å²) in [5.74, 6) is 0.462. The van der Waals surface area contributed by atoms with Crippen LogP contribution in [0, 0.1) is 6.92 Å². The fourth-order valence-electron chi connectivity index (χ4n) is 2.92. The molecular weight excluding hydrogens is 272 g/mol. The SMILES string of the molecule is CC1=NOC(C)(C(=O)N2CCc3c(nc(C)[nH]c3=O)C2)C1. The van der Waals surface area contributed by atoms with Gasteiger partial charge < -0.3 is 14.7 Å². The van der Waals surface area contributed by atoms with Crippen LogP contribution < -0.4 is 5.56 Å². The van der Waals surface area contributed by atoms with Crippen LogP contribution in [0.3, 0.4) is 0 Å². The molecule has 0 aromatic carbocycles. The first-order chi connectivity index (χ1) is 9.89. The maximum absolute atomic E-state index is 12.7. The van der Waals surface area contributed by atoms with Crippen LogP contribution in [0.25, 0.3) is 0 Å². The minimum Gasteiger partial charge on any atom is -0.379 e. The molecule has 112 valence electrons. The van der Waals surface area contributed by atoms with Gasteiger partial charge in [0, 0.05) is 18.5 Å². The third-order valence-corrected chi connectivity index (χ3v) is 3.93. The summed E-state index contributed by atoms with van der Waals surface area (Å²) < 4.78 is 0. The fourth-order valence-corrected chi connectivity index (χ4v) is 2.92. The first kappa shape index (κ1) is 13.8. The van der Waals surface area contributed by atoms with E-state index >= 15 is 0 Å². The topological polar surface area (TPSA) is 87.7 Å². The van der Waals surface area contributed by atoms with Crippen molar-refractivity contribution in [3.8, 4) is 0 Å². The molecule has 0 bridgehead atoms. The number of nitrogens with zero attached hydrogens (tertiary/aromatic N) is 3. The number of H-pyrrole nitrogens is 1. The molecule has 1 N–H and O–H groups in total. The van der Waals surface area contributed by atoms with Gasteiger partial charge in [-0.25, -0.2) is 4.98 Å². The van der Waals surface area contributed by atoms with Crippen molar-refractivity contribution in [3.05, 3.63) is 27.4 Å². The van der Waals surface area contributed by atoms with Gasteiger partial charge in [-0.3, -0.25) is 9.59 Å². The van der Waals surface area contributed by atoms with Crippen LogP contribution in [0.4, 0.5) is 0 Å². The standard InChI is InChI=1S/C14H18N4O3/c1-8-6-14(3,21-17-8)13(20)18-5-4-10-11(7-18)15-9(2)16-12(10)19/h4-7H2,1-3H3,(H,15,16,19). The number of amides is 1. The average Bonchev–Trinajstić information content (AvgIpc) is 2.78. The molecule has 2 aliphatic heterocycles. The maximum atomic E-state index is 12.7. The smallest absolute Gasteiger partial charge is 0.270 e. The highest BCUT2D eigenvalue weighted by Crippen LogP contribution is 2.27. The summed E-state index contributed by atoms with van der Waals surface area (Å²) in [5.41, 5.74) is 1.13. The molecule has 2 aliphatic rings. The summed E-state index contributed by atoms with van der Waals surface area (Å²) in [6, 6.07) is 0. The van der Waals surface area contributed by atoms with E-state index in [0.29, 0.717) is 43.0 Å². The summed E-state index contributed by atoms with van der Waals surface area (Å²) in [7, 11) is 0. The molecule has 1 amide bonds. The van der Waals surface area contributed by atoms with Crippen LogP contribution in [0.2, 0.25) is 0 Å². The molecular formula is C14H18N4O3. The Hall–Kier alpha value is -2.18. The van der Waals surface area contributed by atoms with E-state index in [1.807, 2.05) is 6.92 Å². The predicted octanol–water partition coefficient (Wildman–Crippen LogP) is 0.518. The van der Waals surface area contributed by atoms with Gasteiger partial charge in [0.25, 0.3) is 11.5 Å². The number of aromatic amines is 1. The highest BCUT2D eigenvalue weighted by Gasteiger charge is 2.44. The molecule has 0 spiro atoms. The van der Waals surface area contributed by atoms with Gasteiger partial charge in [-0.15, -0.1) is 0 Å². The van der Waals surface area contributed by atoms with Crippen molar-refractivity contribution in [1.29, 1.82) is 0 Å². The molecule has 3 heterocycles. The number of hydrogen-bond acceptors (Lipinski definition) is 5. The number of aromatic nitrogens is 2. The molecule has 1 atom stereocenters. The van der Waals surface area contributed by atoms with Gasteiger partial charge in [0.1, 0.15) is 5.82 Å². The molecule has 1 aromatic rings. The summed E-state index contributed by atoms with van der Waals surface area (Å²) in [6.45, 7) is 6.17. The molecule has 7 heteroatoms. The maximum Gasteiger partial charge on any atom is 0.270 e. The number of fused-ring (bicyclic) bond motifs is 1. The van der Waals surface area contributed by atoms with E-state index in [4.69, 9.17) is 4.84 Å². The van der Waals surface area contributed by atoms with Gasteiger partial charge >= 0.3 is 0 Å². The number of carbonyl (C=O) groups excluding carboxylic acids is 1. The molecule has 7 nitrogen and oxygen atoms in total. The fraction of sp³-hybridized carbons (Fsp3) is 0.571. The Morgan fingerprint density at radius 3 is 2.86 bits per heavy atom. The van der Waals surface area contributed by atoms with Gasteiger partial charge in [0.05, 0.1) is 18.0 Å². The van der Waals surface area contributed by atoms with E-state index in [2.05, 4.69) is 15.1 Å². The van der Waals surface area contributed by atoms with Gasteiger partial charge in [-0.1, -0.05) is 5.16 Å². The largest absolute Gasteiger partial charge is 0.379 e. The van der Waals surface area contributed by atoms with Crippen LogP contribution in [-0.4, -0.2) is 38.6 Å². The lowest BCUT2D eigenvalue weighted by Gasteiger charge is -2.32. The lowest BCUT2D eigenvalue weighted by molar-refractivity contribution is -0.154. The van der Waals surface area contributed by atoms with Gasteiger partial charge in [-0.2, -0.15) is 0 Å². The zero-order valence-electron chi connectivity index (χ0n) is 12.4. The Balaban J connectivity index is 1.84. The second kappa shape index (κ2) is 4.68. The Labute approximate surface area is 122 Å². The molecule has 1 aromatic heterocycles. The summed E-state index contributed by atoms with van der Waals surface area (Å²) in [5, 5.41) is 3.88. The second-order valence-corrected chi connectivity index (χ2v) is 5.88. The summed E-state index contributed by atoms with van der Waals surface area (Å²) in [4.78, 5) is 38.6. The molecule has 21 heavy (non-hydrogen) atoms. The van der Waals surface area contributed by atoms with Gasteiger partial charge in [0.2, 0.25) is 5.60 Å². The quantitative estimate of drug-likeness (QED) is 0.816. The highest BCUT2D eigenvalue weighted by atomic mass is 16.7. The van der Waals surface area contributed by atoms with Crippen molar-refractivity contribution in [1.82, 2.24) is 14.9 Å². The Bertz CT molecular complexity index is 694. The van der Waals surface area contributed by atoms with E-state index in [9.17, 15) is 9.59 Å². The minimum atomic E-state index is -0.933. The van der Waals surface area contributed by atoms with Crippen LogP contribution >= 0.6 is 0 Å². The van der Waals surface area contributed by atoms with E-state index in [1.54, 1.807) is 18.7 Å². The van der Waals surface area contributed by atoms with Crippen LogP contribution in [-0.2, 0) is 22.6 Å². The highest BCUT2D eigenvalue weighted by molar-refractivity contribution is 5.94. The molecule has 0 aliphatic carbocycles. The van der Waals surface area contributed by atoms with Crippen molar-refractivity contribution in [3.63, 3.8) is 0 Å². The number of oxime groups is 1. The Morgan fingerprint density at radius 1 is 1.43 bits per heavy atom. The molecule has 1 unspecified atom stereocenters. The number of aryl methyl sites for hydroxylation is 1. The van der Waals surface area contributed by atoms with E-state index in [1.165, 1.54) is 0 Å². The van der Waals surface area contributed by atoms with Gasteiger partial charge in [-0.05, 0) is 27.2 Å². The third kappa shape index (κ3) is 2.32. The monoisotopic (exact) mass is 290 g/mol. The molecule has 0 fully saturated rings. The number of rotatable bonds is 1. The number of carbonyl (C=O) groups is 1. The second-order valence-electron chi connectivity index (χ2n) is 5.88. The minimum absolute atomic E-state index is 0.103. The normalized spacial score (nSPS) is 24.3. The Kier molecular flexibility index (Phi) is 3.07. The predicted molar refractivity (Wildman–Crippen MR) is 75.9 cm³/mol. The zero-order chi connectivity index (χ0) is 15.2. The van der Waals surface area contributed by atoms with Gasteiger partial charge in [0.15, 0.2) is 0 Å². The average molecular weight is 290 g/mol. The molecule has 0 radical (unpaired) electrons. The van der Waals surface area contributed by atoms with Crippen LogP contribution in [0.15, 0.2) is 9.95 Å². The molecule has 3 rings (SSSR count). The van der Waals surface area contributed by atoms with Crippen LogP contribution in [0.1, 0.15) is 37.4 Å². The third-order valence-electron chi connectivity index (χ3n) is 3.93. The first-order valence-corrected chi connectivity index (χ1v) is 6.99. The van der Waals surface area contributed by atoms with Crippen LogP contribution in [0.5, 0.6) is 0 Å². The van der Waals surface area contributed by atoms with E-state index < -0.39 is 5.60 Å². The van der Waals surface area contributed by atoms with E-state index in [-0.39, 0.29) is 11.5 Å². The lowest BCUT2D eigenvalue weighted by Crippen LogP contribution is -2.49. The lowest BCUT2D eigenvalue weighted by atomic mass is 9.96. The van der Waals surface area contributed by atoms with E-state index in [0.717, 1.165) is 5.71 Å². The Morgan fingerprint density at radius 2 is 2.19 bits per heavy atom. The zero-order valence-corrected chi connectivity index (χ0v) is 12.4. The first-order valence-electron chi connectivity index (χ1n) is 6.99. The van der Waals surface area contributed by atoms with Crippen molar-refractivity contribution < 1.29 is 9.63 Å². The van der Waals surface area contributed by atoms with Crippen molar-refractivity contribution in [2.24, 2.45) is 5.16 Å². The number of nitrogens with one attached hydrogen (secondary N) is 1. The van der Waals surface area contributed by atoms with Crippen molar-refractivity contribution in [2.45, 2.75) is 45.8 Å². The molecule has 0 saturated carbocycles. The molecule has 0 saturated heterocycles. The summed E-state index contributed by atoms with van der Waals surface area (Å²) >= 11 is 0.